The molecule has 2 aromatic rings. The van der Waals surface area contributed by atoms with Gasteiger partial charge in [0.05, 0.1) is 6.04 Å². The third-order valence-corrected chi connectivity index (χ3v) is 4.88. The van der Waals surface area contributed by atoms with E-state index < -0.39 is 0 Å². The second-order valence-corrected chi connectivity index (χ2v) is 6.56. The minimum Gasteiger partial charge on any atom is -0.385 e. The molecule has 1 amide bonds. The molecule has 3 nitrogen and oxygen atoms in total. The zero-order valence-corrected chi connectivity index (χ0v) is 13.2. The maximum Gasteiger partial charge on any atom is 0.252 e. The van der Waals surface area contributed by atoms with Crippen molar-refractivity contribution in [3.05, 3.63) is 65.2 Å². The second-order valence-electron chi connectivity index (χ2n) is 6.56. The van der Waals surface area contributed by atoms with Crippen molar-refractivity contribution >= 4 is 11.6 Å². The lowest BCUT2D eigenvalue weighted by Gasteiger charge is -2.23. The first kappa shape index (κ1) is 14.3. The molecule has 0 spiro atoms. The molecule has 1 atom stereocenters. The standard InChI is InChI=1S/C20H22N2O/c23-20(17-8-4-10-18-16(17)9-5-13-21-18)22-19(15-11-12-15)14-6-2-1-3-7-14/h1-4,6-8,10,15,19,21H,5,9,11-13H2,(H,22,23). The predicted octanol–water partition coefficient (Wildman–Crippen LogP) is 3.93. The number of anilines is 1. The van der Waals surface area contributed by atoms with Crippen molar-refractivity contribution in [3.8, 4) is 0 Å². The molecule has 0 radical (unpaired) electrons. The van der Waals surface area contributed by atoms with Crippen LogP contribution in [0.2, 0.25) is 0 Å². The van der Waals surface area contributed by atoms with Gasteiger partial charge >= 0.3 is 0 Å². The van der Waals surface area contributed by atoms with Gasteiger partial charge in [-0.3, -0.25) is 4.79 Å². The van der Waals surface area contributed by atoms with E-state index in [1.165, 1.54) is 24.0 Å². The molecule has 1 unspecified atom stereocenters. The molecule has 0 aromatic heterocycles. The van der Waals surface area contributed by atoms with Crippen LogP contribution in [0.25, 0.3) is 0 Å². The number of carbonyl (C=O) groups excluding carboxylic acids is 1. The minimum absolute atomic E-state index is 0.0614. The number of hydrogen-bond acceptors (Lipinski definition) is 2. The van der Waals surface area contributed by atoms with Gasteiger partial charge in [0, 0.05) is 17.8 Å². The van der Waals surface area contributed by atoms with Crippen LogP contribution >= 0.6 is 0 Å². The van der Waals surface area contributed by atoms with E-state index in [0.717, 1.165) is 30.6 Å². The molecule has 2 N–H and O–H groups in total. The first-order valence-corrected chi connectivity index (χ1v) is 8.54. The largest absolute Gasteiger partial charge is 0.385 e. The Labute approximate surface area is 137 Å². The van der Waals surface area contributed by atoms with Crippen molar-refractivity contribution in [2.75, 3.05) is 11.9 Å². The summed E-state index contributed by atoms with van der Waals surface area (Å²) in [4.78, 5) is 12.9. The Morgan fingerprint density at radius 2 is 1.91 bits per heavy atom. The maximum atomic E-state index is 12.9. The molecule has 1 saturated carbocycles. The minimum atomic E-state index is 0.0614. The molecule has 0 bridgehead atoms. The summed E-state index contributed by atoms with van der Waals surface area (Å²) >= 11 is 0. The molecule has 0 saturated heterocycles. The smallest absolute Gasteiger partial charge is 0.252 e. The van der Waals surface area contributed by atoms with Crippen molar-refractivity contribution in [3.63, 3.8) is 0 Å². The van der Waals surface area contributed by atoms with Gasteiger partial charge < -0.3 is 10.6 Å². The zero-order chi connectivity index (χ0) is 15.6. The number of carbonyl (C=O) groups is 1. The number of fused-ring (bicyclic) bond motifs is 1. The van der Waals surface area contributed by atoms with Gasteiger partial charge in [-0.25, -0.2) is 0 Å². The van der Waals surface area contributed by atoms with Crippen LogP contribution in [0.1, 0.15) is 46.8 Å². The number of benzene rings is 2. The lowest BCUT2D eigenvalue weighted by molar-refractivity contribution is 0.0930. The summed E-state index contributed by atoms with van der Waals surface area (Å²) in [7, 11) is 0. The third-order valence-electron chi connectivity index (χ3n) is 4.88. The summed E-state index contributed by atoms with van der Waals surface area (Å²) < 4.78 is 0. The lowest BCUT2D eigenvalue weighted by atomic mass is 9.96. The Morgan fingerprint density at radius 1 is 1.09 bits per heavy atom. The fraction of sp³-hybridized carbons (Fsp3) is 0.350. The van der Waals surface area contributed by atoms with Gasteiger partial charge in [-0.1, -0.05) is 36.4 Å². The first-order valence-electron chi connectivity index (χ1n) is 8.54. The predicted molar refractivity (Wildman–Crippen MR) is 92.6 cm³/mol. The van der Waals surface area contributed by atoms with Gasteiger partial charge in [-0.15, -0.1) is 0 Å². The van der Waals surface area contributed by atoms with E-state index in [1.807, 2.05) is 30.3 Å². The van der Waals surface area contributed by atoms with E-state index in [1.54, 1.807) is 0 Å². The number of amides is 1. The monoisotopic (exact) mass is 306 g/mol. The van der Waals surface area contributed by atoms with Crippen LogP contribution in [0.3, 0.4) is 0 Å². The van der Waals surface area contributed by atoms with E-state index in [4.69, 9.17) is 0 Å². The summed E-state index contributed by atoms with van der Waals surface area (Å²) in [5.41, 5.74) is 4.33. The van der Waals surface area contributed by atoms with Gasteiger partial charge in [0.2, 0.25) is 0 Å². The summed E-state index contributed by atoms with van der Waals surface area (Å²) in [6.07, 6.45) is 4.47. The topological polar surface area (TPSA) is 41.1 Å². The fourth-order valence-corrected chi connectivity index (χ4v) is 3.51. The van der Waals surface area contributed by atoms with E-state index in [-0.39, 0.29) is 11.9 Å². The highest BCUT2D eigenvalue weighted by Crippen LogP contribution is 2.41. The first-order chi connectivity index (χ1) is 11.3. The molecular formula is C20H22N2O. The molecular weight excluding hydrogens is 284 g/mol. The number of rotatable bonds is 4. The molecule has 1 aliphatic heterocycles. The summed E-state index contributed by atoms with van der Waals surface area (Å²) in [5, 5.41) is 6.69. The fourth-order valence-electron chi connectivity index (χ4n) is 3.51. The van der Waals surface area contributed by atoms with Gasteiger partial charge in [-0.2, -0.15) is 0 Å². The highest BCUT2D eigenvalue weighted by Gasteiger charge is 2.34. The third kappa shape index (κ3) is 2.96. The molecule has 1 heterocycles. The average Bonchev–Trinajstić information content (AvgIpc) is 3.44. The van der Waals surface area contributed by atoms with Crippen molar-refractivity contribution in [1.29, 1.82) is 0 Å². The van der Waals surface area contributed by atoms with Gasteiger partial charge in [0.15, 0.2) is 0 Å². The van der Waals surface area contributed by atoms with Gasteiger partial charge in [0.25, 0.3) is 5.91 Å². The van der Waals surface area contributed by atoms with E-state index in [9.17, 15) is 4.79 Å². The van der Waals surface area contributed by atoms with E-state index >= 15 is 0 Å². The number of hydrogen-bond donors (Lipinski definition) is 2. The Hall–Kier alpha value is -2.29. The Balaban J connectivity index is 1.59. The van der Waals surface area contributed by atoms with E-state index in [2.05, 4.69) is 28.8 Å². The van der Waals surface area contributed by atoms with Crippen LogP contribution in [0, 0.1) is 5.92 Å². The van der Waals surface area contributed by atoms with Crippen LogP contribution in [-0.4, -0.2) is 12.5 Å². The van der Waals surface area contributed by atoms with Gasteiger partial charge in [-0.05, 0) is 54.9 Å². The van der Waals surface area contributed by atoms with Crippen molar-refractivity contribution in [2.24, 2.45) is 5.92 Å². The maximum absolute atomic E-state index is 12.9. The van der Waals surface area contributed by atoms with E-state index in [0.29, 0.717) is 5.92 Å². The van der Waals surface area contributed by atoms with Crippen molar-refractivity contribution in [1.82, 2.24) is 5.32 Å². The van der Waals surface area contributed by atoms with Crippen LogP contribution in [-0.2, 0) is 6.42 Å². The normalized spacial score (nSPS) is 17.7. The van der Waals surface area contributed by atoms with Crippen LogP contribution in [0.15, 0.2) is 48.5 Å². The molecule has 4 rings (SSSR count). The summed E-state index contributed by atoms with van der Waals surface area (Å²) in [6.45, 7) is 0.993. The highest BCUT2D eigenvalue weighted by molar-refractivity contribution is 5.97. The molecule has 118 valence electrons. The van der Waals surface area contributed by atoms with Crippen LogP contribution in [0.5, 0.6) is 0 Å². The van der Waals surface area contributed by atoms with Crippen LogP contribution < -0.4 is 10.6 Å². The zero-order valence-electron chi connectivity index (χ0n) is 13.2. The molecule has 2 aliphatic rings. The Kier molecular flexibility index (Phi) is 3.78. The summed E-state index contributed by atoms with van der Waals surface area (Å²) in [6, 6.07) is 16.5. The SMILES string of the molecule is O=C(NC(c1ccccc1)C1CC1)c1cccc2c1CCCN2. The van der Waals surface area contributed by atoms with Crippen LogP contribution in [0.4, 0.5) is 5.69 Å². The Morgan fingerprint density at radius 3 is 2.70 bits per heavy atom. The van der Waals surface area contributed by atoms with Crippen molar-refractivity contribution in [2.45, 2.75) is 31.7 Å². The lowest BCUT2D eigenvalue weighted by Crippen LogP contribution is -2.31. The quantitative estimate of drug-likeness (QED) is 0.898. The Bertz CT molecular complexity index is 707. The number of nitrogens with one attached hydrogen (secondary N) is 2. The van der Waals surface area contributed by atoms with Gasteiger partial charge in [0.1, 0.15) is 0 Å². The second kappa shape index (κ2) is 6.07. The summed E-state index contributed by atoms with van der Waals surface area (Å²) in [5.74, 6) is 0.644. The molecule has 1 fully saturated rings. The highest BCUT2D eigenvalue weighted by atomic mass is 16.1. The molecule has 23 heavy (non-hydrogen) atoms. The molecule has 3 heteroatoms. The van der Waals surface area contributed by atoms with Crippen molar-refractivity contribution < 1.29 is 4.79 Å². The molecule has 2 aromatic carbocycles. The average molecular weight is 306 g/mol. The molecule has 1 aliphatic carbocycles.